The summed E-state index contributed by atoms with van der Waals surface area (Å²) in [6, 6.07) is 7.91. The molecular formula is C21H21FN4O. The van der Waals surface area contributed by atoms with Gasteiger partial charge < -0.3 is 4.90 Å². The summed E-state index contributed by atoms with van der Waals surface area (Å²) in [5, 5.41) is 1.99. The van der Waals surface area contributed by atoms with E-state index < -0.39 is 6.17 Å². The first-order valence-electron chi connectivity index (χ1n) is 9.17. The molecule has 1 aliphatic rings. The van der Waals surface area contributed by atoms with Crippen LogP contribution in [0.15, 0.2) is 49.1 Å². The second-order valence-corrected chi connectivity index (χ2v) is 7.13. The standard InChI is InChI=1S/C21H21FN4O/c1-14-4-7-26(13-19(14)22)21(27)10-18-9-17-8-15(2-3-16(17)11-25-18)20-12-23-5-6-24-20/h2-3,5-6,8-9,11-12,14,19H,4,7,10,13H2,1H3/t14-,19+/m1/s1. The Balaban J connectivity index is 1.55. The zero-order valence-corrected chi connectivity index (χ0v) is 15.2. The number of halogens is 1. The molecule has 2 aromatic heterocycles. The minimum atomic E-state index is -0.943. The van der Waals surface area contributed by atoms with Gasteiger partial charge in [0.05, 0.1) is 30.6 Å². The van der Waals surface area contributed by atoms with Gasteiger partial charge in [-0.3, -0.25) is 19.7 Å². The number of hydrogen-bond donors (Lipinski definition) is 0. The quantitative estimate of drug-likeness (QED) is 0.714. The number of carbonyl (C=O) groups excluding carboxylic acids is 1. The first-order chi connectivity index (χ1) is 13.1. The van der Waals surface area contributed by atoms with E-state index in [-0.39, 0.29) is 24.8 Å². The van der Waals surface area contributed by atoms with Gasteiger partial charge in [0, 0.05) is 36.1 Å². The van der Waals surface area contributed by atoms with Crippen molar-refractivity contribution in [2.24, 2.45) is 5.92 Å². The van der Waals surface area contributed by atoms with Crippen molar-refractivity contribution in [1.29, 1.82) is 0 Å². The summed E-state index contributed by atoms with van der Waals surface area (Å²) in [6.45, 7) is 2.70. The zero-order valence-electron chi connectivity index (χ0n) is 15.2. The zero-order chi connectivity index (χ0) is 18.8. The van der Waals surface area contributed by atoms with Gasteiger partial charge in [-0.15, -0.1) is 0 Å². The number of piperidine rings is 1. The van der Waals surface area contributed by atoms with E-state index in [9.17, 15) is 9.18 Å². The molecule has 2 atom stereocenters. The van der Waals surface area contributed by atoms with E-state index >= 15 is 0 Å². The molecule has 0 saturated carbocycles. The molecule has 1 aliphatic heterocycles. The van der Waals surface area contributed by atoms with E-state index in [0.717, 1.165) is 22.0 Å². The van der Waals surface area contributed by atoms with E-state index in [0.29, 0.717) is 18.7 Å². The largest absolute Gasteiger partial charge is 0.339 e. The molecule has 0 radical (unpaired) electrons. The van der Waals surface area contributed by atoms with Crippen LogP contribution in [0.4, 0.5) is 4.39 Å². The van der Waals surface area contributed by atoms with Crippen molar-refractivity contribution in [3.63, 3.8) is 0 Å². The Morgan fingerprint density at radius 3 is 2.85 bits per heavy atom. The average molecular weight is 364 g/mol. The second kappa shape index (κ2) is 7.39. The molecular weight excluding hydrogens is 343 g/mol. The monoisotopic (exact) mass is 364 g/mol. The maximum atomic E-state index is 13.9. The Kier molecular flexibility index (Phi) is 4.79. The van der Waals surface area contributed by atoms with Crippen LogP contribution in [0.2, 0.25) is 0 Å². The normalized spacial score (nSPS) is 20.0. The van der Waals surface area contributed by atoms with Crippen LogP contribution >= 0.6 is 0 Å². The predicted octanol–water partition coefficient (Wildman–Crippen LogP) is 3.44. The minimum absolute atomic E-state index is 0.0207. The van der Waals surface area contributed by atoms with Crippen LogP contribution in [0.3, 0.4) is 0 Å². The van der Waals surface area contributed by atoms with Gasteiger partial charge in [-0.2, -0.15) is 0 Å². The number of likely N-dealkylation sites (tertiary alicyclic amines) is 1. The van der Waals surface area contributed by atoms with Crippen LogP contribution in [0, 0.1) is 5.92 Å². The van der Waals surface area contributed by atoms with Crippen molar-refractivity contribution in [3.05, 3.63) is 54.7 Å². The number of nitrogens with zero attached hydrogens (tertiary/aromatic N) is 4. The molecule has 0 spiro atoms. The first kappa shape index (κ1) is 17.5. The molecule has 6 heteroatoms. The summed E-state index contributed by atoms with van der Waals surface area (Å²) < 4.78 is 13.9. The number of amides is 1. The third-order valence-electron chi connectivity index (χ3n) is 5.19. The lowest BCUT2D eigenvalue weighted by Gasteiger charge is -2.33. The molecule has 0 aliphatic carbocycles. The van der Waals surface area contributed by atoms with Gasteiger partial charge in [0.2, 0.25) is 5.91 Å². The van der Waals surface area contributed by atoms with E-state index in [2.05, 4.69) is 15.0 Å². The van der Waals surface area contributed by atoms with E-state index in [1.807, 2.05) is 31.2 Å². The summed E-state index contributed by atoms with van der Waals surface area (Å²) in [7, 11) is 0. The third-order valence-corrected chi connectivity index (χ3v) is 5.19. The summed E-state index contributed by atoms with van der Waals surface area (Å²) >= 11 is 0. The van der Waals surface area contributed by atoms with Crippen LogP contribution in [0.1, 0.15) is 19.0 Å². The topological polar surface area (TPSA) is 59.0 Å². The van der Waals surface area contributed by atoms with Crippen molar-refractivity contribution < 1.29 is 9.18 Å². The number of alkyl halides is 1. The molecule has 27 heavy (non-hydrogen) atoms. The molecule has 138 valence electrons. The Hall–Kier alpha value is -2.89. The fourth-order valence-electron chi connectivity index (χ4n) is 3.41. The number of hydrogen-bond acceptors (Lipinski definition) is 4. The van der Waals surface area contributed by atoms with Gasteiger partial charge in [0.1, 0.15) is 6.17 Å². The van der Waals surface area contributed by atoms with Crippen LogP contribution < -0.4 is 0 Å². The first-order valence-corrected chi connectivity index (χ1v) is 9.17. The van der Waals surface area contributed by atoms with E-state index in [1.54, 1.807) is 29.7 Å². The van der Waals surface area contributed by atoms with Gasteiger partial charge >= 0.3 is 0 Å². The van der Waals surface area contributed by atoms with E-state index in [4.69, 9.17) is 0 Å². The van der Waals surface area contributed by atoms with Gasteiger partial charge in [-0.1, -0.05) is 19.1 Å². The highest BCUT2D eigenvalue weighted by atomic mass is 19.1. The molecule has 3 heterocycles. The molecule has 0 N–H and O–H groups in total. The fraction of sp³-hybridized carbons (Fsp3) is 0.333. The van der Waals surface area contributed by atoms with Crippen LogP contribution in [-0.2, 0) is 11.2 Å². The number of carbonyl (C=O) groups is 1. The van der Waals surface area contributed by atoms with Crippen LogP contribution in [0.25, 0.3) is 22.0 Å². The number of pyridine rings is 1. The van der Waals surface area contributed by atoms with Crippen LogP contribution in [0.5, 0.6) is 0 Å². The number of rotatable bonds is 3. The number of fused-ring (bicyclic) bond motifs is 1. The average Bonchev–Trinajstić information content (AvgIpc) is 2.70. The summed E-state index contributed by atoms with van der Waals surface area (Å²) in [5.41, 5.74) is 2.45. The molecule has 5 nitrogen and oxygen atoms in total. The third kappa shape index (κ3) is 3.79. The smallest absolute Gasteiger partial charge is 0.228 e. The number of aromatic nitrogens is 3. The highest BCUT2D eigenvalue weighted by molar-refractivity contribution is 5.87. The lowest BCUT2D eigenvalue weighted by molar-refractivity contribution is -0.133. The Bertz CT molecular complexity index is 963. The molecule has 3 aromatic rings. The number of benzene rings is 1. The van der Waals surface area contributed by atoms with Crippen molar-refractivity contribution in [1.82, 2.24) is 19.9 Å². The molecule has 1 aromatic carbocycles. The lowest BCUT2D eigenvalue weighted by atomic mass is 9.97. The molecule has 4 rings (SSSR count). The molecule has 1 fully saturated rings. The Morgan fingerprint density at radius 1 is 1.19 bits per heavy atom. The van der Waals surface area contributed by atoms with Crippen molar-refractivity contribution in [3.8, 4) is 11.3 Å². The highest BCUT2D eigenvalue weighted by Gasteiger charge is 2.28. The van der Waals surface area contributed by atoms with Gasteiger partial charge in [0.25, 0.3) is 0 Å². The molecule has 0 unspecified atom stereocenters. The summed E-state index contributed by atoms with van der Waals surface area (Å²) in [6.07, 6.45) is 6.75. The minimum Gasteiger partial charge on any atom is -0.339 e. The second-order valence-electron chi connectivity index (χ2n) is 7.13. The van der Waals surface area contributed by atoms with E-state index in [1.165, 1.54) is 0 Å². The lowest BCUT2D eigenvalue weighted by Crippen LogP contribution is -2.44. The maximum absolute atomic E-state index is 13.9. The van der Waals surface area contributed by atoms with Crippen molar-refractivity contribution >= 4 is 16.7 Å². The summed E-state index contributed by atoms with van der Waals surface area (Å²) in [4.78, 5) is 27.0. The maximum Gasteiger partial charge on any atom is 0.228 e. The Morgan fingerprint density at radius 2 is 2.07 bits per heavy atom. The van der Waals surface area contributed by atoms with Gasteiger partial charge in [-0.05, 0) is 29.9 Å². The molecule has 1 amide bonds. The SMILES string of the molecule is C[C@@H]1CCN(C(=O)Cc2cc3cc(-c4cnccn4)ccc3cn2)C[C@@H]1F. The van der Waals surface area contributed by atoms with Crippen LogP contribution in [-0.4, -0.2) is 45.0 Å². The Labute approximate surface area is 157 Å². The van der Waals surface area contributed by atoms with Crippen molar-refractivity contribution in [2.45, 2.75) is 25.9 Å². The molecule has 0 bridgehead atoms. The summed E-state index contributed by atoms with van der Waals surface area (Å²) in [5.74, 6) is -0.0474. The fourth-order valence-corrected chi connectivity index (χ4v) is 3.41. The van der Waals surface area contributed by atoms with Crippen molar-refractivity contribution in [2.75, 3.05) is 13.1 Å². The highest BCUT2D eigenvalue weighted by Crippen LogP contribution is 2.24. The van der Waals surface area contributed by atoms with Gasteiger partial charge in [0.15, 0.2) is 0 Å². The molecule has 1 saturated heterocycles. The van der Waals surface area contributed by atoms with Gasteiger partial charge in [-0.25, -0.2) is 4.39 Å². The predicted molar refractivity (Wildman–Crippen MR) is 102 cm³/mol.